The molecule has 2 fully saturated rings. The number of nitrogens with two attached hydrogens (primary N) is 1. The summed E-state index contributed by atoms with van der Waals surface area (Å²) in [6.45, 7) is 6.89. The SMILES string of the molecule is CC(O)C(C)N(N)C(=O)Nc1ccc(N2CCN(c3ccc(CSC4OCC(Cn5cncn5)(c5ccc(F)cc5F)O4)cc3)CC2)cc1. The summed E-state index contributed by atoms with van der Waals surface area (Å²) in [6.07, 6.45) is 2.17. The van der Waals surface area contributed by atoms with E-state index in [1.807, 2.05) is 24.3 Å². The molecule has 2 aliphatic heterocycles. The Labute approximate surface area is 287 Å². The summed E-state index contributed by atoms with van der Waals surface area (Å²) in [6, 6.07) is 18.5. The monoisotopic (exact) mass is 694 g/mol. The van der Waals surface area contributed by atoms with Crippen LogP contribution in [0.3, 0.4) is 0 Å². The molecule has 12 nitrogen and oxygen atoms in total. The van der Waals surface area contributed by atoms with Gasteiger partial charge in [-0.15, -0.1) is 0 Å². The Morgan fingerprint density at radius 2 is 1.71 bits per heavy atom. The van der Waals surface area contributed by atoms with E-state index in [0.29, 0.717) is 11.4 Å². The molecule has 260 valence electrons. The van der Waals surface area contributed by atoms with Crippen LogP contribution in [-0.4, -0.2) is 81.5 Å². The molecule has 2 amide bonds. The van der Waals surface area contributed by atoms with Crippen molar-refractivity contribution < 1.29 is 28.2 Å². The van der Waals surface area contributed by atoms with Crippen LogP contribution in [-0.2, 0) is 27.4 Å². The third kappa shape index (κ3) is 8.13. The summed E-state index contributed by atoms with van der Waals surface area (Å²) in [5.74, 6) is 5.09. The number of urea groups is 1. The number of carbonyl (C=O) groups excluding carboxylic acids is 1. The Morgan fingerprint density at radius 3 is 2.31 bits per heavy atom. The number of nitrogens with zero attached hydrogens (tertiary/aromatic N) is 6. The van der Waals surface area contributed by atoms with Crippen molar-refractivity contribution in [1.82, 2.24) is 19.8 Å². The van der Waals surface area contributed by atoms with Crippen LogP contribution in [0.25, 0.3) is 0 Å². The fraction of sp³-hybridized carbons (Fsp3) is 0.382. The van der Waals surface area contributed by atoms with E-state index in [2.05, 4.69) is 49.5 Å². The predicted molar refractivity (Wildman–Crippen MR) is 184 cm³/mol. The molecular weight excluding hydrogens is 654 g/mol. The van der Waals surface area contributed by atoms with Crippen molar-refractivity contribution in [3.63, 3.8) is 0 Å². The molecule has 4 N–H and O–H groups in total. The molecule has 0 saturated carbocycles. The van der Waals surface area contributed by atoms with Gasteiger partial charge in [0.2, 0.25) is 5.62 Å². The highest BCUT2D eigenvalue weighted by molar-refractivity contribution is 7.98. The predicted octanol–water partition coefficient (Wildman–Crippen LogP) is 4.52. The molecule has 2 aliphatic rings. The topological polar surface area (TPSA) is 134 Å². The van der Waals surface area contributed by atoms with Crippen LogP contribution in [0, 0.1) is 11.6 Å². The van der Waals surface area contributed by atoms with Gasteiger partial charge in [0.05, 0.1) is 25.3 Å². The number of aliphatic hydroxyl groups is 1. The fourth-order valence-corrected chi connectivity index (χ4v) is 6.77. The molecule has 3 heterocycles. The minimum Gasteiger partial charge on any atom is -0.391 e. The maximum absolute atomic E-state index is 14.9. The number of piperazine rings is 1. The first-order valence-electron chi connectivity index (χ1n) is 16.0. The van der Waals surface area contributed by atoms with Gasteiger partial charge in [-0.1, -0.05) is 30.0 Å². The molecule has 0 spiro atoms. The van der Waals surface area contributed by atoms with Gasteiger partial charge in [-0.25, -0.2) is 29.1 Å². The maximum atomic E-state index is 14.9. The second-order valence-corrected chi connectivity index (χ2v) is 13.3. The smallest absolute Gasteiger partial charge is 0.336 e. The summed E-state index contributed by atoms with van der Waals surface area (Å²) >= 11 is 1.45. The van der Waals surface area contributed by atoms with Crippen molar-refractivity contribution in [3.8, 4) is 0 Å². The molecule has 0 radical (unpaired) electrons. The van der Waals surface area contributed by atoms with Crippen molar-refractivity contribution in [2.24, 2.45) is 5.84 Å². The summed E-state index contributed by atoms with van der Waals surface area (Å²) in [5, 5.41) is 17.6. The quantitative estimate of drug-likeness (QED) is 0.117. The summed E-state index contributed by atoms with van der Waals surface area (Å²) in [5.41, 5.74) is 2.29. The Hall–Kier alpha value is -4.28. The number of nitrogens with one attached hydrogen (secondary N) is 1. The van der Waals surface area contributed by atoms with Crippen LogP contribution in [0.5, 0.6) is 0 Å². The van der Waals surface area contributed by atoms with E-state index in [1.165, 1.54) is 36.5 Å². The van der Waals surface area contributed by atoms with E-state index >= 15 is 0 Å². The van der Waals surface area contributed by atoms with Gasteiger partial charge < -0.3 is 29.7 Å². The first kappa shape index (κ1) is 34.6. The Balaban J connectivity index is 0.990. The number of aliphatic hydroxyl groups excluding tert-OH is 1. The number of benzene rings is 3. The number of thioether (sulfide) groups is 1. The van der Waals surface area contributed by atoms with Gasteiger partial charge in [-0.2, -0.15) is 5.10 Å². The molecule has 6 rings (SSSR count). The lowest BCUT2D eigenvalue weighted by Crippen LogP contribution is -2.50. The lowest BCUT2D eigenvalue weighted by Gasteiger charge is -2.37. The lowest BCUT2D eigenvalue weighted by molar-refractivity contribution is -0.0470. The molecule has 0 bridgehead atoms. The number of hydrogen-bond donors (Lipinski definition) is 3. The number of halogens is 2. The first-order chi connectivity index (χ1) is 23.6. The second-order valence-electron chi connectivity index (χ2n) is 12.2. The second kappa shape index (κ2) is 15.1. The normalized spacial score (nSPS) is 20.7. The molecule has 0 aliphatic carbocycles. The molecule has 4 aromatic rings. The van der Waals surface area contributed by atoms with E-state index in [1.54, 1.807) is 18.5 Å². The van der Waals surface area contributed by atoms with Gasteiger partial charge in [-0.05, 0) is 61.9 Å². The van der Waals surface area contributed by atoms with Crippen LogP contribution in [0.1, 0.15) is 25.0 Å². The highest BCUT2D eigenvalue weighted by Crippen LogP contribution is 2.41. The maximum Gasteiger partial charge on any atom is 0.336 e. The van der Waals surface area contributed by atoms with Gasteiger partial charge >= 0.3 is 6.03 Å². The lowest BCUT2D eigenvalue weighted by atomic mass is 9.94. The van der Waals surface area contributed by atoms with Crippen LogP contribution in [0.2, 0.25) is 0 Å². The van der Waals surface area contributed by atoms with Gasteiger partial charge in [-0.3, -0.25) is 5.01 Å². The van der Waals surface area contributed by atoms with Gasteiger partial charge in [0, 0.05) is 60.6 Å². The molecule has 4 atom stereocenters. The van der Waals surface area contributed by atoms with Crippen molar-refractivity contribution in [2.45, 2.75) is 49.5 Å². The minimum atomic E-state index is -1.18. The van der Waals surface area contributed by atoms with Crippen LogP contribution < -0.4 is 21.0 Å². The molecule has 1 aromatic heterocycles. The van der Waals surface area contributed by atoms with Crippen molar-refractivity contribution in [3.05, 3.63) is 102 Å². The van der Waals surface area contributed by atoms with E-state index in [9.17, 15) is 18.7 Å². The largest absolute Gasteiger partial charge is 0.391 e. The molecule has 4 unspecified atom stereocenters. The Kier molecular flexibility index (Phi) is 10.6. The zero-order valence-corrected chi connectivity index (χ0v) is 28.1. The number of anilines is 3. The third-order valence-corrected chi connectivity index (χ3v) is 9.91. The first-order valence-corrected chi connectivity index (χ1v) is 17.1. The summed E-state index contributed by atoms with van der Waals surface area (Å²) in [4.78, 5) is 21.0. The molecule has 15 heteroatoms. The van der Waals surface area contributed by atoms with E-state index in [0.717, 1.165) is 54.2 Å². The highest BCUT2D eigenvalue weighted by atomic mass is 32.2. The highest BCUT2D eigenvalue weighted by Gasteiger charge is 2.45. The zero-order valence-electron chi connectivity index (χ0n) is 27.3. The van der Waals surface area contributed by atoms with Crippen molar-refractivity contribution >= 4 is 34.9 Å². The van der Waals surface area contributed by atoms with Crippen LogP contribution in [0.15, 0.2) is 79.4 Å². The number of amides is 2. The number of hydrogen-bond acceptors (Lipinski definition) is 10. The average Bonchev–Trinajstić information content (AvgIpc) is 3.78. The molecule has 3 aromatic carbocycles. The number of aromatic nitrogens is 3. The van der Waals surface area contributed by atoms with E-state index in [-0.39, 0.29) is 18.7 Å². The minimum absolute atomic E-state index is 0.0793. The molecular formula is C34H40F2N8O4S. The summed E-state index contributed by atoms with van der Waals surface area (Å²) < 4.78 is 42.4. The average molecular weight is 695 g/mol. The van der Waals surface area contributed by atoms with Gasteiger partial charge in [0.1, 0.15) is 29.9 Å². The fourth-order valence-electron chi connectivity index (χ4n) is 5.83. The molecule has 49 heavy (non-hydrogen) atoms. The molecule has 2 saturated heterocycles. The van der Waals surface area contributed by atoms with Crippen molar-refractivity contribution in [1.29, 1.82) is 0 Å². The van der Waals surface area contributed by atoms with Crippen molar-refractivity contribution in [2.75, 3.05) is 47.9 Å². The number of ether oxygens (including phenoxy) is 2. The third-order valence-electron chi connectivity index (χ3n) is 8.90. The Bertz CT molecular complexity index is 1690. The summed E-state index contributed by atoms with van der Waals surface area (Å²) in [7, 11) is 0. The standard InChI is InChI=1S/C34H40F2N8O4S/c1-23(24(2)45)44(37)32(46)40-27-6-10-29(11-7-27)42-15-13-41(14-16-42)28-8-3-25(4-9-28)18-49-33-47-20-34(48-33,19-43-22-38-21-39-43)30-12-5-26(35)17-31(30)36/h3-12,17,21-24,33,45H,13-16,18-20,37H2,1-2H3,(H,40,46). The van der Waals surface area contributed by atoms with Gasteiger partial charge in [0.15, 0.2) is 0 Å². The Morgan fingerprint density at radius 1 is 1.06 bits per heavy atom. The van der Waals surface area contributed by atoms with Gasteiger partial charge in [0.25, 0.3) is 0 Å². The van der Waals surface area contributed by atoms with E-state index in [4.69, 9.17) is 15.3 Å². The number of rotatable bonds is 11. The zero-order chi connectivity index (χ0) is 34.5. The van der Waals surface area contributed by atoms with E-state index < -0.39 is 41.0 Å². The number of hydrazine groups is 1. The van der Waals surface area contributed by atoms with Crippen LogP contribution in [0.4, 0.5) is 30.6 Å². The number of carbonyl (C=O) groups is 1. The van der Waals surface area contributed by atoms with Crippen LogP contribution >= 0.6 is 11.8 Å².